The molecule has 0 saturated heterocycles. The smallest absolute Gasteiger partial charge is 0.168 e. The predicted octanol–water partition coefficient (Wildman–Crippen LogP) is 5.80. The Balaban J connectivity index is 1.64. The lowest BCUT2D eigenvalue weighted by Gasteiger charge is -2.53. The van der Waals surface area contributed by atoms with Gasteiger partial charge in [0.2, 0.25) is 0 Å². The van der Waals surface area contributed by atoms with E-state index >= 15 is 0 Å². The maximum absolute atomic E-state index is 11.9. The standard InChI is InChI=1S/C26H39NO2Si/c1-17(2)24(3,4)30-29-26(14-15-27)13-11-23-22-8-6-18-16-19(28)7-9-20(18)21(22)10-12-25(23,26)5/h16-17,22-23H,6-14,30H2,1-5H3/t22-,23+,25+,26-/m1/s1. The first kappa shape index (κ1) is 22.0. The second-order valence-corrected chi connectivity index (χ2v) is 14.0. The fourth-order valence-electron chi connectivity index (χ4n) is 6.82. The van der Waals surface area contributed by atoms with Crippen LogP contribution >= 0.6 is 0 Å². The van der Waals surface area contributed by atoms with Gasteiger partial charge in [-0.3, -0.25) is 4.79 Å². The molecule has 0 aromatic carbocycles. The molecule has 0 heterocycles. The van der Waals surface area contributed by atoms with Gasteiger partial charge >= 0.3 is 0 Å². The number of ketones is 1. The van der Waals surface area contributed by atoms with Crippen molar-refractivity contribution in [1.29, 1.82) is 5.26 Å². The zero-order chi connectivity index (χ0) is 21.7. The molecule has 4 aliphatic rings. The lowest BCUT2D eigenvalue weighted by Crippen LogP contribution is -2.52. The van der Waals surface area contributed by atoms with Crippen molar-refractivity contribution < 1.29 is 9.22 Å². The van der Waals surface area contributed by atoms with E-state index in [1.165, 1.54) is 24.0 Å². The van der Waals surface area contributed by atoms with Crippen molar-refractivity contribution in [2.75, 3.05) is 0 Å². The molecule has 4 atom stereocenters. The first-order valence-corrected chi connectivity index (χ1v) is 13.4. The van der Waals surface area contributed by atoms with Gasteiger partial charge in [0, 0.05) is 11.8 Å². The Morgan fingerprint density at radius 3 is 2.70 bits per heavy atom. The number of nitrogens with zero attached hydrogens (tertiary/aromatic N) is 1. The summed E-state index contributed by atoms with van der Waals surface area (Å²) in [7, 11) is -0.760. The van der Waals surface area contributed by atoms with Crippen molar-refractivity contribution in [3.63, 3.8) is 0 Å². The molecule has 0 bridgehead atoms. The molecule has 4 rings (SSSR count). The van der Waals surface area contributed by atoms with Gasteiger partial charge in [-0.2, -0.15) is 5.26 Å². The average molecular weight is 426 g/mol. The molecule has 2 fully saturated rings. The van der Waals surface area contributed by atoms with Gasteiger partial charge in [-0.05, 0) is 85.0 Å². The van der Waals surface area contributed by atoms with E-state index in [0.717, 1.165) is 32.1 Å². The summed E-state index contributed by atoms with van der Waals surface area (Å²) in [4.78, 5) is 11.9. The summed E-state index contributed by atoms with van der Waals surface area (Å²) in [5.41, 5.74) is 4.38. The van der Waals surface area contributed by atoms with E-state index in [-0.39, 0.29) is 16.1 Å². The van der Waals surface area contributed by atoms with E-state index in [2.05, 4.69) is 40.7 Å². The van der Waals surface area contributed by atoms with Crippen molar-refractivity contribution >= 4 is 15.5 Å². The Labute approximate surface area is 185 Å². The molecule has 4 aliphatic carbocycles. The SMILES string of the molecule is CC(C)C(C)(C)[SiH2]O[C@@]1(CC#N)CC[C@H]2[C@@H]3CCC4=CC(=O)CCC4=C3CC[C@@]21C. The minimum absolute atomic E-state index is 0.100. The molecule has 0 unspecified atom stereocenters. The fraction of sp³-hybridized carbons (Fsp3) is 0.769. The summed E-state index contributed by atoms with van der Waals surface area (Å²) in [5, 5.41) is 10.0. The third-order valence-corrected chi connectivity index (χ3v) is 11.9. The summed E-state index contributed by atoms with van der Waals surface area (Å²) < 4.78 is 6.97. The third kappa shape index (κ3) is 3.37. The summed E-state index contributed by atoms with van der Waals surface area (Å²) in [6.45, 7) is 11.8. The topological polar surface area (TPSA) is 50.1 Å². The lowest BCUT2D eigenvalue weighted by atomic mass is 9.54. The predicted molar refractivity (Wildman–Crippen MR) is 124 cm³/mol. The molecule has 30 heavy (non-hydrogen) atoms. The number of fused-ring (bicyclic) bond motifs is 4. The molecule has 164 valence electrons. The van der Waals surface area contributed by atoms with Gasteiger partial charge < -0.3 is 4.43 Å². The number of allylic oxidation sites excluding steroid dienone is 4. The van der Waals surface area contributed by atoms with Gasteiger partial charge in [0.15, 0.2) is 15.5 Å². The number of carbonyl (C=O) groups is 1. The van der Waals surface area contributed by atoms with Crippen molar-refractivity contribution in [3.8, 4) is 6.07 Å². The van der Waals surface area contributed by atoms with E-state index in [9.17, 15) is 10.1 Å². The van der Waals surface area contributed by atoms with Crippen LogP contribution in [-0.4, -0.2) is 21.1 Å². The molecule has 0 N–H and O–H groups in total. The third-order valence-electron chi connectivity index (χ3n) is 9.67. The average Bonchev–Trinajstić information content (AvgIpc) is 2.99. The van der Waals surface area contributed by atoms with Gasteiger partial charge in [0.25, 0.3) is 0 Å². The molecule has 0 radical (unpaired) electrons. The maximum atomic E-state index is 11.9. The minimum atomic E-state index is -0.760. The molecule has 2 saturated carbocycles. The fourth-order valence-corrected chi connectivity index (χ4v) is 8.38. The largest absolute Gasteiger partial charge is 0.416 e. The van der Waals surface area contributed by atoms with Crippen LogP contribution in [0.15, 0.2) is 22.8 Å². The zero-order valence-electron chi connectivity index (χ0n) is 19.6. The Bertz CT molecular complexity index is 832. The van der Waals surface area contributed by atoms with Crippen LogP contribution in [0.1, 0.15) is 92.4 Å². The van der Waals surface area contributed by atoms with Gasteiger partial charge in [0.1, 0.15) is 0 Å². The summed E-state index contributed by atoms with van der Waals surface area (Å²) in [6, 6.07) is 2.53. The van der Waals surface area contributed by atoms with Gasteiger partial charge in [-0.25, -0.2) is 0 Å². The van der Waals surface area contributed by atoms with Crippen LogP contribution in [0.3, 0.4) is 0 Å². The lowest BCUT2D eigenvalue weighted by molar-refractivity contribution is -0.114. The van der Waals surface area contributed by atoms with Crippen LogP contribution in [0.2, 0.25) is 5.04 Å². The van der Waals surface area contributed by atoms with E-state index in [1.807, 2.05) is 6.08 Å². The number of hydrogen-bond acceptors (Lipinski definition) is 3. The van der Waals surface area contributed by atoms with E-state index in [1.54, 1.807) is 5.57 Å². The maximum Gasteiger partial charge on any atom is 0.168 e. The molecule has 4 heteroatoms. The van der Waals surface area contributed by atoms with Crippen LogP contribution in [0.5, 0.6) is 0 Å². The minimum Gasteiger partial charge on any atom is -0.416 e. The van der Waals surface area contributed by atoms with Crippen molar-refractivity contribution in [2.45, 2.75) is 103 Å². The molecular formula is C26H39NO2Si. The Morgan fingerprint density at radius 2 is 2.00 bits per heavy atom. The second kappa shape index (κ2) is 7.75. The second-order valence-electron chi connectivity index (χ2n) is 11.6. The van der Waals surface area contributed by atoms with Gasteiger partial charge in [-0.1, -0.05) is 40.2 Å². The monoisotopic (exact) mass is 425 g/mol. The Kier molecular flexibility index (Phi) is 5.69. The van der Waals surface area contributed by atoms with Crippen LogP contribution in [0.4, 0.5) is 0 Å². The van der Waals surface area contributed by atoms with E-state index < -0.39 is 9.76 Å². The van der Waals surface area contributed by atoms with Gasteiger partial charge in [-0.15, -0.1) is 0 Å². The quantitative estimate of drug-likeness (QED) is 0.523. The molecule has 0 aliphatic heterocycles. The number of carbonyl (C=O) groups excluding carboxylic acids is 1. The van der Waals surface area contributed by atoms with Crippen LogP contribution in [-0.2, 0) is 9.22 Å². The van der Waals surface area contributed by atoms with E-state index in [0.29, 0.717) is 36.4 Å². The van der Waals surface area contributed by atoms with Crippen LogP contribution < -0.4 is 0 Å². The number of nitriles is 1. The summed E-state index contributed by atoms with van der Waals surface area (Å²) in [5.74, 6) is 2.17. The zero-order valence-corrected chi connectivity index (χ0v) is 21.1. The first-order chi connectivity index (χ1) is 14.1. The molecule has 0 spiro atoms. The highest BCUT2D eigenvalue weighted by Crippen LogP contribution is 2.65. The number of rotatable bonds is 5. The van der Waals surface area contributed by atoms with Crippen molar-refractivity contribution in [3.05, 3.63) is 22.8 Å². The van der Waals surface area contributed by atoms with Crippen LogP contribution in [0, 0.1) is 34.5 Å². The van der Waals surface area contributed by atoms with Crippen molar-refractivity contribution in [2.24, 2.45) is 23.2 Å². The Morgan fingerprint density at radius 1 is 1.23 bits per heavy atom. The highest BCUT2D eigenvalue weighted by Gasteiger charge is 2.62. The summed E-state index contributed by atoms with van der Waals surface area (Å²) in [6.07, 6.45) is 10.9. The van der Waals surface area contributed by atoms with Crippen molar-refractivity contribution in [1.82, 2.24) is 0 Å². The first-order valence-electron chi connectivity index (χ1n) is 12.1. The molecule has 3 nitrogen and oxygen atoms in total. The van der Waals surface area contributed by atoms with Crippen LogP contribution in [0.25, 0.3) is 0 Å². The summed E-state index contributed by atoms with van der Waals surface area (Å²) >= 11 is 0. The Hall–Kier alpha value is -1.18. The molecule has 0 aromatic heterocycles. The van der Waals surface area contributed by atoms with E-state index in [4.69, 9.17) is 4.43 Å². The normalized spacial score (nSPS) is 36.6. The highest BCUT2D eigenvalue weighted by atomic mass is 28.2. The number of hydrogen-bond donors (Lipinski definition) is 0. The highest BCUT2D eigenvalue weighted by molar-refractivity contribution is 6.32. The van der Waals surface area contributed by atoms with Gasteiger partial charge in [0.05, 0.1) is 18.1 Å². The molecule has 0 aromatic rings. The molecule has 0 amide bonds. The molecular weight excluding hydrogens is 386 g/mol.